The van der Waals surface area contributed by atoms with Gasteiger partial charge < -0.3 is 20.2 Å². The molecular formula is C12H17F3N2O3. The van der Waals surface area contributed by atoms with E-state index in [-0.39, 0.29) is 12.3 Å². The molecule has 1 unspecified atom stereocenters. The Bertz CT molecular complexity index is 455. The number of rotatable bonds is 6. The fourth-order valence-corrected chi connectivity index (χ4v) is 1.46. The number of halogens is 3. The van der Waals surface area contributed by atoms with Crippen molar-refractivity contribution in [2.45, 2.75) is 25.6 Å². The van der Waals surface area contributed by atoms with Crippen LogP contribution in [0.4, 0.5) is 13.2 Å². The normalized spacial score (nSPS) is 14.9. The first kappa shape index (κ1) is 16.5. The van der Waals surface area contributed by atoms with Crippen molar-refractivity contribution < 1.29 is 27.5 Å². The molecule has 0 saturated carbocycles. The van der Waals surface area contributed by atoms with Crippen LogP contribution in [-0.2, 0) is 10.4 Å². The SMILES string of the molecule is Cc1ccc(C(C)(O)CNC(=O)CNCC(F)(F)F)o1. The molecule has 1 heterocycles. The van der Waals surface area contributed by atoms with E-state index in [0.29, 0.717) is 5.76 Å². The molecule has 0 aliphatic rings. The Morgan fingerprint density at radius 2 is 2.00 bits per heavy atom. The van der Waals surface area contributed by atoms with E-state index in [2.05, 4.69) is 5.32 Å². The number of nitrogens with one attached hydrogen (secondary N) is 2. The lowest BCUT2D eigenvalue weighted by molar-refractivity contribution is -0.129. The molecule has 0 radical (unpaired) electrons. The summed E-state index contributed by atoms with van der Waals surface area (Å²) in [5.74, 6) is 0.245. The van der Waals surface area contributed by atoms with Crippen LogP contribution in [0.2, 0.25) is 0 Å². The minimum atomic E-state index is -4.36. The molecule has 20 heavy (non-hydrogen) atoms. The van der Waals surface area contributed by atoms with Crippen molar-refractivity contribution in [3.63, 3.8) is 0 Å². The van der Waals surface area contributed by atoms with Crippen molar-refractivity contribution in [1.82, 2.24) is 10.6 Å². The first-order chi connectivity index (χ1) is 9.10. The first-order valence-corrected chi connectivity index (χ1v) is 5.93. The van der Waals surface area contributed by atoms with Gasteiger partial charge in [0.1, 0.15) is 17.1 Å². The van der Waals surface area contributed by atoms with Crippen LogP contribution >= 0.6 is 0 Å². The second-order valence-corrected chi connectivity index (χ2v) is 4.68. The molecule has 0 aliphatic carbocycles. The maximum Gasteiger partial charge on any atom is 0.401 e. The number of alkyl halides is 3. The lowest BCUT2D eigenvalue weighted by Gasteiger charge is -2.21. The summed E-state index contributed by atoms with van der Waals surface area (Å²) in [6.07, 6.45) is -4.36. The number of amides is 1. The Labute approximate surface area is 114 Å². The topological polar surface area (TPSA) is 74.5 Å². The average molecular weight is 294 g/mol. The number of aryl methyl sites for hydroxylation is 1. The predicted molar refractivity (Wildman–Crippen MR) is 65.0 cm³/mol. The monoisotopic (exact) mass is 294 g/mol. The molecule has 1 aromatic rings. The van der Waals surface area contributed by atoms with Crippen LogP contribution in [0.3, 0.4) is 0 Å². The third-order valence-corrected chi connectivity index (χ3v) is 2.51. The minimum Gasteiger partial charge on any atom is -0.463 e. The lowest BCUT2D eigenvalue weighted by atomic mass is 10.0. The highest BCUT2D eigenvalue weighted by atomic mass is 19.4. The van der Waals surface area contributed by atoms with Gasteiger partial charge in [-0.2, -0.15) is 13.2 Å². The standard InChI is InChI=1S/C12H17F3N2O3/c1-8-3-4-9(20-8)11(2,19)6-17-10(18)5-16-7-12(13,14)15/h3-4,16,19H,5-7H2,1-2H3,(H,17,18). The van der Waals surface area contributed by atoms with Gasteiger partial charge in [-0.15, -0.1) is 0 Å². The van der Waals surface area contributed by atoms with Gasteiger partial charge in [0.25, 0.3) is 0 Å². The van der Waals surface area contributed by atoms with E-state index < -0.39 is 30.8 Å². The molecule has 1 rings (SSSR count). The molecule has 0 aromatic carbocycles. The molecule has 5 nitrogen and oxygen atoms in total. The van der Waals surface area contributed by atoms with E-state index in [4.69, 9.17) is 4.42 Å². The van der Waals surface area contributed by atoms with Gasteiger partial charge in [0.05, 0.1) is 19.6 Å². The smallest absolute Gasteiger partial charge is 0.401 e. The summed E-state index contributed by atoms with van der Waals surface area (Å²) in [5, 5.41) is 14.4. The van der Waals surface area contributed by atoms with Gasteiger partial charge >= 0.3 is 6.18 Å². The van der Waals surface area contributed by atoms with Crippen LogP contribution in [-0.4, -0.2) is 36.8 Å². The molecule has 0 aliphatic heterocycles. The van der Waals surface area contributed by atoms with Crippen LogP contribution in [0, 0.1) is 6.92 Å². The molecule has 0 bridgehead atoms. The van der Waals surface area contributed by atoms with Crippen LogP contribution in [0.25, 0.3) is 0 Å². The molecular weight excluding hydrogens is 277 g/mol. The van der Waals surface area contributed by atoms with Crippen molar-refractivity contribution in [3.8, 4) is 0 Å². The first-order valence-electron chi connectivity index (χ1n) is 5.93. The molecule has 0 saturated heterocycles. The van der Waals surface area contributed by atoms with Crippen molar-refractivity contribution in [2.75, 3.05) is 19.6 Å². The molecule has 1 amide bonds. The molecule has 1 aromatic heterocycles. The number of carbonyl (C=O) groups excluding carboxylic acids is 1. The maximum atomic E-state index is 11.9. The van der Waals surface area contributed by atoms with E-state index in [1.807, 2.05) is 5.32 Å². The van der Waals surface area contributed by atoms with Crippen molar-refractivity contribution >= 4 is 5.91 Å². The third-order valence-electron chi connectivity index (χ3n) is 2.51. The molecule has 114 valence electrons. The van der Waals surface area contributed by atoms with Gasteiger partial charge in [-0.1, -0.05) is 0 Å². The Kier molecular flexibility index (Phi) is 5.18. The van der Waals surface area contributed by atoms with E-state index in [1.54, 1.807) is 19.1 Å². The summed E-state index contributed by atoms with van der Waals surface area (Å²) >= 11 is 0. The van der Waals surface area contributed by atoms with Crippen LogP contribution in [0.5, 0.6) is 0 Å². The summed E-state index contributed by atoms with van der Waals surface area (Å²) in [6.45, 7) is 1.27. The van der Waals surface area contributed by atoms with E-state index in [0.717, 1.165) is 0 Å². The van der Waals surface area contributed by atoms with Gasteiger partial charge in [0.15, 0.2) is 0 Å². The van der Waals surface area contributed by atoms with Crippen LogP contribution < -0.4 is 10.6 Å². The maximum absolute atomic E-state index is 11.9. The molecule has 1 atom stereocenters. The quantitative estimate of drug-likeness (QED) is 0.733. The highest BCUT2D eigenvalue weighted by Gasteiger charge is 2.28. The number of furan rings is 1. The van der Waals surface area contributed by atoms with Gasteiger partial charge in [0.2, 0.25) is 5.91 Å². The fourth-order valence-electron chi connectivity index (χ4n) is 1.46. The Morgan fingerprint density at radius 1 is 1.35 bits per heavy atom. The van der Waals surface area contributed by atoms with Crippen LogP contribution in [0.15, 0.2) is 16.5 Å². The Balaban J connectivity index is 2.37. The van der Waals surface area contributed by atoms with Crippen molar-refractivity contribution in [3.05, 3.63) is 23.7 Å². The lowest BCUT2D eigenvalue weighted by Crippen LogP contribution is -2.43. The third kappa shape index (κ3) is 5.62. The van der Waals surface area contributed by atoms with Gasteiger partial charge in [0, 0.05) is 0 Å². The van der Waals surface area contributed by atoms with Crippen LogP contribution in [0.1, 0.15) is 18.4 Å². The number of aliphatic hydroxyl groups is 1. The summed E-state index contributed by atoms with van der Waals surface area (Å²) in [5.41, 5.74) is -1.42. The highest BCUT2D eigenvalue weighted by Crippen LogP contribution is 2.21. The minimum absolute atomic E-state index is 0.160. The zero-order valence-electron chi connectivity index (χ0n) is 11.2. The second-order valence-electron chi connectivity index (χ2n) is 4.68. The summed E-state index contributed by atoms with van der Waals surface area (Å²) in [7, 11) is 0. The fraction of sp³-hybridized carbons (Fsp3) is 0.583. The average Bonchev–Trinajstić information content (AvgIpc) is 2.72. The molecule has 8 heteroatoms. The largest absolute Gasteiger partial charge is 0.463 e. The highest BCUT2D eigenvalue weighted by molar-refractivity contribution is 5.78. The van der Waals surface area contributed by atoms with E-state index in [1.165, 1.54) is 6.92 Å². The van der Waals surface area contributed by atoms with Crippen molar-refractivity contribution in [2.24, 2.45) is 0 Å². The molecule has 0 spiro atoms. The van der Waals surface area contributed by atoms with Crippen molar-refractivity contribution in [1.29, 1.82) is 0 Å². The van der Waals surface area contributed by atoms with E-state index >= 15 is 0 Å². The number of carbonyl (C=O) groups is 1. The summed E-state index contributed by atoms with van der Waals surface area (Å²) in [4.78, 5) is 11.3. The molecule has 3 N–H and O–H groups in total. The zero-order chi connectivity index (χ0) is 15.4. The van der Waals surface area contributed by atoms with Gasteiger partial charge in [-0.25, -0.2) is 0 Å². The van der Waals surface area contributed by atoms with E-state index in [9.17, 15) is 23.1 Å². The zero-order valence-corrected chi connectivity index (χ0v) is 11.2. The number of hydrogen-bond donors (Lipinski definition) is 3. The van der Waals surface area contributed by atoms with Gasteiger partial charge in [-0.3, -0.25) is 4.79 Å². The van der Waals surface area contributed by atoms with Gasteiger partial charge in [-0.05, 0) is 26.0 Å². The molecule has 0 fully saturated rings. The Hall–Kier alpha value is -1.54. The summed E-state index contributed by atoms with van der Waals surface area (Å²) < 4.78 is 40.8. The Morgan fingerprint density at radius 3 is 2.50 bits per heavy atom. The second kappa shape index (κ2) is 6.27. The predicted octanol–water partition coefficient (Wildman–Crippen LogP) is 1.06. The summed E-state index contributed by atoms with van der Waals surface area (Å²) in [6, 6.07) is 3.24. The number of hydrogen-bond acceptors (Lipinski definition) is 4.